The van der Waals surface area contributed by atoms with Crippen LogP contribution in [0.1, 0.15) is 17.7 Å². The van der Waals surface area contributed by atoms with E-state index >= 15 is 0 Å². The van der Waals surface area contributed by atoms with Crippen LogP contribution < -0.4 is 15.0 Å². The van der Waals surface area contributed by atoms with Gasteiger partial charge in [0.1, 0.15) is 5.76 Å². The molecule has 0 fully saturated rings. The summed E-state index contributed by atoms with van der Waals surface area (Å²) < 4.78 is 20.0. The molecule has 5 heterocycles. The number of aromatic nitrogens is 5. The molecule has 1 aliphatic rings. The minimum atomic E-state index is -0.157. The maximum absolute atomic E-state index is 13.0. The summed E-state index contributed by atoms with van der Waals surface area (Å²) in [6.07, 6.45) is 5.75. The Hall–Kier alpha value is -3.79. The molecule has 0 aliphatic carbocycles. The fourth-order valence-electron chi connectivity index (χ4n) is 3.74. The fourth-order valence-corrected chi connectivity index (χ4v) is 4.50. The van der Waals surface area contributed by atoms with E-state index in [2.05, 4.69) is 15.1 Å². The van der Waals surface area contributed by atoms with Gasteiger partial charge in [0.2, 0.25) is 5.16 Å². The largest absolute Gasteiger partial charge is 0.490 e. The highest BCUT2D eigenvalue weighted by Crippen LogP contribution is 2.32. The molecule has 0 saturated carbocycles. The van der Waals surface area contributed by atoms with Crippen LogP contribution in [0.5, 0.6) is 11.5 Å². The van der Waals surface area contributed by atoms with Gasteiger partial charge in [-0.1, -0.05) is 17.8 Å². The summed E-state index contributed by atoms with van der Waals surface area (Å²) in [5, 5.41) is 5.65. The molecule has 0 amide bonds. The topological polar surface area (TPSA) is 96.7 Å². The van der Waals surface area contributed by atoms with E-state index in [4.69, 9.17) is 13.9 Å². The molecule has 0 atom stereocenters. The highest BCUT2D eigenvalue weighted by Gasteiger charge is 2.14. The van der Waals surface area contributed by atoms with Crippen molar-refractivity contribution in [2.45, 2.75) is 23.9 Å². The smallest absolute Gasteiger partial charge is 0.261 e. The van der Waals surface area contributed by atoms with Gasteiger partial charge >= 0.3 is 0 Å². The minimum Gasteiger partial charge on any atom is -0.490 e. The number of furan rings is 1. The van der Waals surface area contributed by atoms with Gasteiger partial charge in [-0.25, -0.2) is 4.98 Å². The second-order valence-electron chi connectivity index (χ2n) is 7.61. The number of fused-ring (bicyclic) bond motifs is 4. The van der Waals surface area contributed by atoms with Crippen molar-refractivity contribution in [3.8, 4) is 11.5 Å². The van der Waals surface area contributed by atoms with E-state index in [1.807, 2.05) is 30.3 Å². The van der Waals surface area contributed by atoms with Gasteiger partial charge in [-0.3, -0.25) is 4.79 Å². The lowest BCUT2D eigenvalue weighted by Gasteiger charge is -2.08. The normalized spacial score (nSPS) is 13.5. The van der Waals surface area contributed by atoms with Crippen LogP contribution in [0, 0.1) is 0 Å². The van der Waals surface area contributed by atoms with Gasteiger partial charge in [0, 0.05) is 24.6 Å². The molecule has 33 heavy (non-hydrogen) atoms. The Morgan fingerprint density at radius 1 is 1.09 bits per heavy atom. The van der Waals surface area contributed by atoms with Crippen LogP contribution >= 0.6 is 11.8 Å². The van der Waals surface area contributed by atoms with Crippen LogP contribution in [0.2, 0.25) is 0 Å². The molecule has 0 radical (unpaired) electrons. The Morgan fingerprint density at radius 2 is 2.00 bits per heavy atom. The van der Waals surface area contributed by atoms with Crippen LogP contribution in [-0.4, -0.2) is 37.4 Å². The first-order valence-corrected chi connectivity index (χ1v) is 11.5. The lowest BCUT2D eigenvalue weighted by atomic mass is 10.2. The van der Waals surface area contributed by atoms with E-state index < -0.39 is 0 Å². The number of rotatable bonds is 5. The van der Waals surface area contributed by atoms with Crippen molar-refractivity contribution >= 4 is 28.4 Å². The first kappa shape index (κ1) is 19.9. The number of hydrogen-bond acceptors (Lipinski definition) is 8. The van der Waals surface area contributed by atoms with Crippen LogP contribution in [0.25, 0.3) is 16.7 Å². The van der Waals surface area contributed by atoms with E-state index in [1.165, 1.54) is 11.8 Å². The summed E-state index contributed by atoms with van der Waals surface area (Å²) in [6, 6.07) is 11.4. The molecule has 1 aliphatic heterocycles. The minimum absolute atomic E-state index is 0.157. The molecule has 5 aromatic rings. The number of benzene rings is 1. The zero-order chi connectivity index (χ0) is 22.2. The van der Waals surface area contributed by atoms with Gasteiger partial charge in [0.15, 0.2) is 11.5 Å². The summed E-state index contributed by atoms with van der Waals surface area (Å²) >= 11 is 1.50. The van der Waals surface area contributed by atoms with Crippen molar-refractivity contribution in [1.82, 2.24) is 24.1 Å². The van der Waals surface area contributed by atoms with Gasteiger partial charge in [-0.15, -0.1) is 5.10 Å². The van der Waals surface area contributed by atoms with E-state index in [-0.39, 0.29) is 5.56 Å². The third-order valence-electron chi connectivity index (χ3n) is 5.37. The van der Waals surface area contributed by atoms with Crippen molar-refractivity contribution in [2.75, 3.05) is 13.2 Å². The van der Waals surface area contributed by atoms with Gasteiger partial charge in [-0.2, -0.15) is 9.50 Å². The summed E-state index contributed by atoms with van der Waals surface area (Å²) in [4.78, 5) is 21.8. The third kappa shape index (κ3) is 3.82. The Kier molecular flexibility index (Phi) is 4.99. The van der Waals surface area contributed by atoms with E-state index in [1.54, 1.807) is 33.8 Å². The zero-order valence-corrected chi connectivity index (χ0v) is 18.3. The van der Waals surface area contributed by atoms with E-state index in [9.17, 15) is 4.79 Å². The molecule has 0 unspecified atom stereocenters. The molecule has 6 rings (SSSR count). The number of ether oxygens (including phenoxy) is 2. The maximum atomic E-state index is 13.0. The number of hydrogen-bond donors (Lipinski definition) is 0. The number of thioether (sulfide) groups is 1. The Balaban J connectivity index is 1.27. The highest BCUT2D eigenvalue weighted by molar-refractivity contribution is 7.98. The second-order valence-corrected chi connectivity index (χ2v) is 8.55. The molecule has 0 spiro atoms. The van der Waals surface area contributed by atoms with Crippen LogP contribution in [0.4, 0.5) is 0 Å². The van der Waals surface area contributed by atoms with Gasteiger partial charge in [-0.05, 0) is 35.9 Å². The molecule has 10 heteroatoms. The van der Waals surface area contributed by atoms with Crippen molar-refractivity contribution in [3.05, 3.63) is 76.7 Å². The standard InChI is InChI=1S/C23H19N5O4S/c29-21-17-12-24-22-25-23(33-14-15-4-5-19-20(11-15)32-10-2-9-31-19)26-28(22)18(17)6-7-27(21)13-16-3-1-8-30-16/h1,3-8,11-12H,2,9-10,13-14H2. The number of nitrogens with zero attached hydrogens (tertiary/aromatic N) is 5. The van der Waals surface area contributed by atoms with E-state index in [0.29, 0.717) is 53.1 Å². The Morgan fingerprint density at radius 3 is 2.88 bits per heavy atom. The number of pyridine rings is 1. The highest BCUT2D eigenvalue weighted by atomic mass is 32.2. The maximum Gasteiger partial charge on any atom is 0.261 e. The molecule has 4 aromatic heterocycles. The van der Waals surface area contributed by atoms with Crippen molar-refractivity contribution in [3.63, 3.8) is 0 Å². The Labute approximate surface area is 192 Å². The fraction of sp³-hybridized carbons (Fsp3) is 0.217. The van der Waals surface area contributed by atoms with Gasteiger partial charge < -0.3 is 18.5 Å². The SMILES string of the molecule is O=c1c2cnc3nc(SCc4ccc5c(c4)OCCCO5)nn3c2ccn1Cc1ccco1. The lowest BCUT2D eigenvalue weighted by molar-refractivity contribution is 0.297. The molecule has 0 N–H and O–H groups in total. The molecule has 166 valence electrons. The molecule has 1 aromatic carbocycles. The summed E-state index contributed by atoms with van der Waals surface area (Å²) in [5.74, 6) is 3.38. The average Bonchev–Trinajstić information content (AvgIpc) is 3.44. The quantitative estimate of drug-likeness (QED) is 0.367. The van der Waals surface area contributed by atoms with Crippen molar-refractivity contribution in [1.29, 1.82) is 0 Å². The summed E-state index contributed by atoms with van der Waals surface area (Å²) in [7, 11) is 0. The first-order chi connectivity index (χ1) is 16.2. The molecular weight excluding hydrogens is 442 g/mol. The third-order valence-corrected chi connectivity index (χ3v) is 6.28. The predicted octanol–water partition coefficient (Wildman–Crippen LogP) is 3.53. The molecular formula is C23H19N5O4S. The van der Waals surface area contributed by atoms with Gasteiger partial charge in [0.05, 0.1) is 36.9 Å². The van der Waals surface area contributed by atoms with Gasteiger partial charge in [0.25, 0.3) is 11.3 Å². The lowest BCUT2D eigenvalue weighted by Crippen LogP contribution is -2.20. The molecule has 0 saturated heterocycles. The second kappa shape index (κ2) is 8.28. The zero-order valence-electron chi connectivity index (χ0n) is 17.5. The molecule has 9 nitrogen and oxygen atoms in total. The van der Waals surface area contributed by atoms with Crippen LogP contribution in [-0.2, 0) is 12.3 Å². The Bertz CT molecular complexity index is 1510. The van der Waals surface area contributed by atoms with Crippen LogP contribution in [0.15, 0.2) is 69.4 Å². The summed E-state index contributed by atoms with van der Waals surface area (Å²) in [5.41, 5.74) is 1.59. The monoisotopic (exact) mass is 461 g/mol. The van der Waals surface area contributed by atoms with Crippen molar-refractivity contribution in [2.24, 2.45) is 0 Å². The predicted molar refractivity (Wildman–Crippen MR) is 122 cm³/mol. The first-order valence-electron chi connectivity index (χ1n) is 10.5. The average molecular weight is 462 g/mol. The molecule has 0 bridgehead atoms. The van der Waals surface area contributed by atoms with Crippen LogP contribution in [0.3, 0.4) is 0 Å². The van der Waals surface area contributed by atoms with Crippen molar-refractivity contribution < 1.29 is 13.9 Å². The van der Waals surface area contributed by atoms with E-state index in [0.717, 1.165) is 23.5 Å². The summed E-state index contributed by atoms with van der Waals surface area (Å²) in [6.45, 7) is 1.68.